The van der Waals surface area contributed by atoms with Crippen LogP contribution in [0, 0.1) is 6.92 Å². The summed E-state index contributed by atoms with van der Waals surface area (Å²) in [5.41, 5.74) is 10.1. The number of fused-ring (bicyclic) bond motifs is 1. The molecule has 1 aliphatic heterocycles. The average molecular weight is 416 g/mol. The van der Waals surface area contributed by atoms with Crippen molar-refractivity contribution in [3.8, 4) is 11.3 Å². The molecule has 0 bridgehead atoms. The van der Waals surface area contributed by atoms with E-state index in [0.29, 0.717) is 11.7 Å². The molecule has 0 unspecified atom stereocenters. The van der Waals surface area contributed by atoms with Crippen LogP contribution >= 0.6 is 0 Å². The van der Waals surface area contributed by atoms with Crippen molar-refractivity contribution in [2.75, 3.05) is 24.5 Å². The van der Waals surface area contributed by atoms with E-state index < -0.39 is 0 Å². The molecule has 0 radical (unpaired) electrons. The maximum absolute atomic E-state index is 6.41. The van der Waals surface area contributed by atoms with Crippen LogP contribution in [0.15, 0.2) is 58.8 Å². The van der Waals surface area contributed by atoms with E-state index in [1.54, 1.807) is 12.5 Å². The van der Waals surface area contributed by atoms with Crippen LogP contribution in [0.1, 0.15) is 12.5 Å². The minimum atomic E-state index is 0.180. The molecule has 4 heterocycles. The Hall–Kier alpha value is -3.88. The smallest absolute Gasteiger partial charge is 0.196 e. The van der Waals surface area contributed by atoms with Crippen LogP contribution in [-0.2, 0) is 0 Å². The maximum Gasteiger partial charge on any atom is 0.196 e. The van der Waals surface area contributed by atoms with Gasteiger partial charge in [0.15, 0.2) is 18.1 Å². The summed E-state index contributed by atoms with van der Waals surface area (Å²) in [6, 6.07) is 7.95. The van der Waals surface area contributed by atoms with Gasteiger partial charge < -0.3 is 24.9 Å². The van der Waals surface area contributed by atoms with Crippen molar-refractivity contribution in [1.29, 1.82) is 0 Å². The van der Waals surface area contributed by atoms with Crippen molar-refractivity contribution < 1.29 is 4.42 Å². The van der Waals surface area contributed by atoms with Gasteiger partial charge in [-0.05, 0) is 31.5 Å². The predicted octanol–water partition coefficient (Wildman–Crippen LogP) is 3.08. The van der Waals surface area contributed by atoms with Gasteiger partial charge in [-0.1, -0.05) is 12.1 Å². The molecule has 3 N–H and O–H groups in total. The fourth-order valence-electron chi connectivity index (χ4n) is 4.11. The number of H-pyrrole nitrogens is 1. The van der Waals surface area contributed by atoms with Crippen LogP contribution in [-0.4, -0.2) is 56.5 Å². The van der Waals surface area contributed by atoms with Gasteiger partial charge in [-0.15, -0.1) is 0 Å². The molecule has 1 aliphatic rings. The molecule has 0 amide bonds. The summed E-state index contributed by atoms with van der Waals surface area (Å²) in [6.07, 6.45) is 6.69. The first-order valence-electron chi connectivity index (χ1n) is 10.2. The molecule has 9 heteroatoms. The first-order chi connectivity index (χ1) is 15.1. The number of aryl methyl sites for hydroxylation is 1. The number of aliphatic imine (C=N–C) groups is 1. The molecule has 9 nitrogen and oxygen atoms in total. The Kier molecular flexibility index (Phi) is 4.78. The number of rotatable bonds is 3. The zero-order valence-corrected chi connectivity index (χ0v) is 17.5. The third kappa shape index (κ3) is 3.58. The molecule has 0 aliphatic carbocycles. The molecule has 1 atom stereocenters. The number of nitrogens with two attached hydrogens (primary N) is 1. The predicted molar refractivity (Wildman–Crippen MR) is 120 cm³/mol. The number of anilines is 1. The first kappa shape index (κ1) is 19.1. The third-order valence-corrected chi connectivity index (χ3v) is 5.67. The van der Waals surface area contributed by atoms with E-state index in [1.165, 1.54) is 6.39 Å². The Balaban J connectivity index is 1.35. The maximum atomic E-state index is 6.41. The van der Waals surface area contributed by atoms with E-state index in [0.717, 1.165) is 53.3 Å². The molecule has 158 valence electrons. The van der Waals surface area contributed by atoms with Gasteiger partial charge in [0.05, 0.1) is 17.3 Å². The Bertz CT molecular complexity index is 1230. The van der Waals surface area contributed by atoms with Gasteiger partial charge in [0.1, 0.15) is 17.8 Å². The van der Waals surface area contributed by atoms with E-state index in [1.807, 2.05) is 30.5 Å². The third-order valence-electron chi connectivity index (χ3n) is 5.67. The second-order valence-electron chi connectivity index (χ2n) is 7.77. The van der Waals surface area contributed by atoms with E-state index in [4.69, 9.17) is 10.2 Å². The van der Waals surface area contributed by atoms with Gasteiger partial charge in [-0.3, -0.25) is 0 Å². The van der Waals surface area contributed by atoms with Gasteiger partial charge in [0, 0.05) is 37.4 Å². The van der Waals surface area contributed by atoms with E-state index in [-0.39, 0.29) is 6.04 Å². The van der Waals surface area contributed by atoms with Crippen LogP contribution in [0.5, 0.6) is 0 Å². The van der Waals surface area contributed by atoms with Gasteiger partial charge in [-0.2, -0.15) is 0 Å². The summed E-state index contributed by atoms with van der Waals surface area (Å²) >= 11 is 0. The van der Waals surface area contributed by atoms with Crippen LogP contribution < -0.4 is 10.6 Å². The number of hydrogen-bond acceptors (Lipinski definition) is 6. The number of nitrogens with zero attached hydrogens (tertiary/aromatic N) is 6. The topological polar surface area (TPSA) is 112 Å². The standard InChI is InChI=1S/C22H24N8O/c1-14-9-25-20-19(14)21(27-12-26-20)29-6-7-30(15(2)11-29)22(23)28-17-5-3-4-16(8-17)18-10-24-13-31-18/h3-5,8-10,12-13,15H,6-7,11H2,1-2H3,(H2,23,28)(H,25,26,27)/t15-/m0/s1. The van der Waals surface area contributed by atoms with Crippen LogP contribution in [0.25, 0.3) is 22.4 Å². The average Bonchev–Trinajstić information content (AvgIpc) is 3.44. The lowest BCUT2D eigenvalue weighted by atomic mass is 10.1. The zero-order valence-electron chi connectivity index (χ0n) is 17.5. The molecule has 1 fully saturated rings. The lowest BCUT2D eigenvalue weighted by molar-refractivity contribution is 0.294. The van der Waals surface area contributed by atoms with Crippen molar-refractivity contribution in [2.24, 2.45) is 10.7 Å². The number of hydrogen-bond donors (Lipinski definition) is 2. The quantitative estimate of drug-likeness (QED) is 0.390. The number of piperazine rings is 1. The number of oxazole rings is 1. The molecule has 4 aromatic rings. The zero-order chi connectivity index (χ0) is 21.4. The van der Waals surface area contributed by atoms with Crippen molar-refractivity contribution in [3.63, 3.8) is 0 Å². The van der Waals surface area contributed by atoms with E-state index in [2.05, 4.69) is 48.6 Å². The van der Waals surface area contributed by atoms with Crippen molar-refractivity contribution in [2.45, 2.75) is 19.9 Å². The molecule has 5 rings (SSSR count). The monoisotopic (exact) mass is 416 g/mol. The van der Waals surface area contributed by atoms with Crippen molar-refractivity contribution >= 4 is 28.5 Å². The van der Waals surface area contributed by atoms with Crippen molar-refractivity contribution in [1.82, 2.24) is 24.8 Å². The molecule has 1 saturated heterocycles. The number of nitrogens with one attached hydrogen (secondary N) is 1. The Morgan fingerprint density at radius 3 is 3.00 bits per heavy atom. The van der Waals surface area contributed by atoms with Crippen LogP contribution in [0.4, 0.5) is 11.5 Å². The summed E-state index contributed by atoms with van der Waals surface area (Å²) in [7, 11) is 0. The SMILES string of the molecule is Cc1c[nH]c2ncnc(N3CCN(C(N)=Nc4cccc(-c5cnco5)c4)[C@@H](C)C3)c12. The number of aromatic amines is 1. The molecular formula is C22H24N8O. The highest BCUT2D eigenvalue weighted by molar-refractivity contribution is 5.91. The van der Waals surface area contributed by atoms with Gasteiger partial charge in [0.25, 0.3) is 0 Å². The first-order valence-corrected chi connectivity index (χ1v) is 10.2. The lowest BCUT2D eigenvalue weighted by Crippen LogP contribution is -2.56. The van der Waals surface area contributed by atoms with Gasteiger partial charge >= 0.3 is 0 Å². The number of aromatic nitrogens is 4. The summed E-state index contributed by atoms with van der Waals surface area (Å²) in [5, 5.41) is 1.08. The number of guanidine groups is 1. The molecule has 0 spiro atoms. The minimum Gasteiger partial charge on any atom is -0.444 e. The lowest BCUT2D eigenvalue weighted by Gasteiger charge is -2.41. The second kappa shape index (κ2) is 7.75. The summed E-state index contributed by atoms with van der Waals surface area (Å²) < 4.78 is 5.38. The molecule has 0 saturated carbocycles. The molecule has 3 aromatic heterocycles. The summed E-state index contributed by atoms with van der Waals surface area (Å²) in [5.74, 6) is 2.17. The van der Waals surface area contributed by atoms with E-state index in [9.17, 15) is 0 Å². The Morgan fingerprint density at radius 1 is 1.29 bits per heavy atom. The molecule has 31 heavy (non-hydrogen) atoms. The fraction of sp³-hybridized carbons (Fsp3) is 0.273. The normalized spacial score (nSPS) is 17.5. The van der Waals surface area contributed by atoms with Gasteiger partial charge in [-0.25, -0.2) is 19.9 Å². The largest absolute Gasteiger partial charge is 0.444 e. The molecule has 1 aromatic carbocycles. The highest BCUT2D eigenvalue weighted by Gasteiger charge is 2.27. The number of benzene rings is 1. The van der Waals surface area contributed by atoms with Crippen molar-refractivity contribution in [3.05, 3.63) is 54.9 Å². The minimum absolute atomic E-state index is 0.180. The van der Waals surface area contributed by atoms with Crippen LogP contribution in [0.2, 0.25) is 0 Å². The second-order valence-corrected chi connectivity index (χ2v) is 7.77. The fourth-order valence-corrected chi connectivity index (χ4v) is 4.11. The summed E-state index contributed by atoms with van der Waals surface area (Å²) in [4.78, 5) is 25.2. The van der Waals surface area contributed by atoms with Crippen LogP contribution in [0.3, 0.4) is 0 Å². The highest BCUT2D eigenvalue weighted by atomic mass is 16.3. The van der Waals surface area contributed by atoms with Gasteiger partial charge in [0.2, 0.25) is 0 Å². The highest BCUT2D eigenvalue weighted by Crippen LogP contribution is 2.28. The van der Waals surface area contributed by atoms with E-state index >= 15 is 0 Å². The summed E-state index contributed by atoms with van der Waals surface area (Å²) in [6.45, 7) is 6.58. The Labute approximate surface area is 179 Å². The Morgan fingerprint density at radius 2 is 2.19 bits per heavy atom. The molecular weight excluding hydrogens is 392 g/mol.